The van der Waals surface area contributed by atoms with E-state index in [2.05, 4.69) is 31.3 Å². The van der Waals surface area contributed by atoms with Crippen LogP contribution < -0.4 is 5.32 Å². The summed E-state index contributed by atoms with van der Waals surface area (Å²) in [6, 6.07) is -0.656. The topological polar surface area (TPSA) is 89.8 Å². The number of allylic oxidation sites excluding steroid dienone is 2. The number of carbonyl (C=O) groups is 1. The number of aliphatic hydroxyl groups excluding tert-OH is 3. The van der Waals surface area contributed by atoms with E-state index in [1.54, 1.807) is 0 Å². The van der Waals surface area contributed by atoms with Crippen LogP contribution in [0.5, 0.6) is 0 Å². The Kier molecular flexibility index (Phi) is 51.0. The van der Waals surface area contributed by atoms with Crippen molar-refractivity contribution < 1.29 is 20.1 Å². The van der Waals surface area contributed by atoms with E-state index in [9.17, 15) is 20.1 Å². The van der Waals surface area contributed by atoms with Crippen LogP contribution in [0.3, 0.4) is 0 Å². The lowest BCUT2D eigenvalue weighted by Crippen LogP contribution is -2.46. The summed E-state index contributed by atoms with van der Waals surface area (Å²) in [4.78, 5) is 12.5. The molecule has 0 heterocycles. The quantitative estimate of drug-likeness (QED) is 0.0362. The molecular formula is C56H111NO4. The number of rotatable bonds is 52. The predicted octanol–water partition coefficient (Wildman–Crippen LogP) is 17.1. The zero-order chi connectivity index (χ0) is 44.4. The van der Waals surface area contributed by atoms with Gasteiger partial charge < -0.3 is 20.6 Å². The van der Waals surface area contributed by atoms with E-state index in [4.69, 9.17) is 0 Å². The second-order valence-corrected chi connectivity index (χ2v) is 19.6. The highest BCUT2D eigenvalue weighted by Crippen LogP contribution is 2.18. The van der Waals surface area contributed by atoms with Crippen LogP contribution in [0.15, 0.2) is 12.2 Å². The molecule has 0 rings (SSSR count). The first-order valence-electron chi connectivity index (χ1n) is 28.0. The van der Waals surface area contributed by atoms with E-state index in [-0.39, 0.29) is 18.9 Å². The molecule has 0 aliphatic heterocycles. The molecule has 1 amide bonds. The summed E-state index contributed by atoms with van der Waals surface area (Å²) in [5.74, 6) is -0.278. The maximum atomic E-state index is 12.5. The van der Waals surface area contributed by atoms with Gasteiger partial charge in [-0.1, -0.05) is 283 Å². The second kappa shape index (κ2) is 51.7. The first-order chi connectivity index (χ1) is 30.0. The van der Waals surface area contributed by atoms with Crippen molar-refractivity contribution in [2.45, 2.75) is 334 Å². The molecule has 61 heavy (non-hydrogen) atoms. The van der Waals surface area contributed by atoms with Crippen molar-refractivity contribution in [1.29, 1.82) is 0 Å². The Morgan fingerprint density at radius 2 is 0.656 bits per heavy atom. The fraction of sp³-hybridized carbons (Fsp3) is 0.946. The molecule has 3 atom stereocenters. The first kappa shape index (κ1) is 60.1. The molecule has 0 saturated carbocycles. The van der Waals surface area contributed by atoms with Gasteiger partial charge in [-0.2, -0.15) is 0 Å². The van der Waals surface area contributed by atoms with Gasteiger partial charge in [-0.25, -0.2) is 0 Å². The number of aliphatic hydroxyl groups is 3. The van der Waals surface area contributed by atoms with E-state index in [1.807, 2.05) is 0 Å². The van der Waals surface area contributed by atoms with E-state index in [0.29, 0.717) is 12.8 Å². The normalized spacial score (nSPS) is 13.3. The van der Waals surface area contributed by atoms with Crippen LogP contribution in [0.1, 0.15) is 316 Å². The molecule has 0 saturated heterocycles. The average molecular weight is 863 g/mol. The molecule has 0 spiro atoms. The van der Waals surface area contributed by atoms with Crippen LogP contribution in [0, 0.1) is 0 Å². The maximum absolute atomic E-state index is 12.5. The Labute approximate surface area is 382 Å². The summed E-state index contributed by atoms with van der Waals surface area (Å²) in [7, 11) is 0. The molecule has 0 aromatic rings. The van der Waals surface area contributed by atoms with Gasteiger partial charge in [-0.05, 0) is 38.5 Å². The van der Waals surface area contributed by atoms with Gasteiger partial charge in [0, 0.05) is 0 Å². The number of hydrogen-bond donors (Lipinski definition) is 4. The predicted molar refractivity (Wildman–Crippen MR) is 269 cm³/mol. The fourth-order valence-corrected chi connectivity index (χ4v) is 9.05. The molecule has 0 aromatic heterocycles. The standard InChI is InChI=1S/C56H111NO4/c1-3-5-7-9-11-13-15-17-19-21-23-24-25-26-27-28-29-30-32-33-35-37-39-41-43-45-47-49-53(59)51-56(61)57-54(52-58)55(60)50-48-46-44-42-40-38-36-34-31-22-20-18-16-14-12-10-8-6-4-2/h26-27,53-55,58-60H,3-25,28-52H2,1-2H3,(H,57,61)/b27-26-. The van der Waals surface area contributed by atoms with Crippen LogP contribution in [-0.2, 0) is 4.79 Å². The highest BCUT2D eigenvalue weighted by molar-refractivity contribution is 5.76. The molecule has 4 N–H and O–H groups in total. The minimum atomic E-state index is -0.747. The molecule has 0 aliphatic carbocycles. The third-order valence-corrected chi connectivity index (χ3v) is 13.3. The van der Waals surface area contributed by atoms with E-state index < -0.39 is 18.2 Å². The minimum absolute atomic E-state index is 0.0399. The number of hydrogen-bond acceptors (Lipinski definition) is 4. The molecule has 5 heteroatoms. The Morgan fingerprint density at radius 3 is 0.951 bits per heavy atom. The highest BCUT2D eigenvalue weighted by atomic mass is 16.3. The van der Waals surface area contributed by atoms with Crippen molar-refractivity contribution in [3.8, 4) is 0 Å². The zero-order valence-electron chi connectivity index (χ0n) is 41.6. The molecule has 5 nitrogen and oxygen atoms in total. The molecule has 0 bridgehead atoms. The van der Waals surface area contributed by atoms with Gasteiger partial charge in [-0.3, -0.25) is 4.79 Å². The van der Waals surface area contributed by atoms with E-state index in [0.717, 1.165) is 25.7 Å². The summed E-state index contributed by atoms with van der Waals surface area (Å²) in [5.41, 5.74) is 0. The van der Waals surface area contributed by atoms with Gasteiger partial charge in [0.25, 0.3) is 0 Å². The molecule has 0 aromatic carbocycles. The van der Waals surface area contributed by atoms with Gasteiger partial charge >= 0.3 is 0 Å². The van der Waals surface area contributed by atoms with Crippen molar-refractivity contribution >= 4 is 5.91 Å². The van der Waals surface area contributed by atoms with Gasteiger partial charge in [0.1, 0.15) is 0 Å². The molecule has 0 aliphatic rings. The van der Waals surface area contributed by atoms with E-state index in [1.165, 1.54) is 257 Å². The Morgan fingerprint density at radius 1 is 0.393 bits per heavy atom. The Bertz CT molecular complexity index is 864. The average Bonchev–Trinajstić information content (AvgIpc) is 3.25. The number of nitrogens with one attached hydrogen (secondary N) is 1. The lowest BCUT2D eigenvalue weighted by atomic mass is 10.0. The van der Waals surface area contributed by atoms with Gasteiger partial charge in [0.15, 0.2) is 0 Å². The smallest absolute Gasteiger partial charge is 0.222 e. The minimum Gasteiger partial charge on any atom is -0.394 e. The molecule has 0 fully saturated rings. The maximum Gasteiger partial charge on any atom is 0.222 e. The summed E-state index contributed by atoms with van der Waals surface area (Å²) >= 11 is 0. The highest BCUT2D eigenvalue weighted by Gasteiger charge is 2.21. The van der Waals surface area contributed by atoms with Crippen molar-refractivity contribution in [1.82, 2.24) is 5.32 Å². The van der Waals surface area contributed by atoms with E-state index >= 15 is 0 Å². The number of amides is 1. The molecule has 364 valence electrons. The molecule has 0 radical (unpaired) electrons. The van der Waals surface area contributed by atoms with Crippen LogP contribution in [0.4, 0.5) is 0 Å². The lowest BCUT2D eigenvalue weighted by Gasteiger charge is -2.23. The third kappa shape index (κ3) is 48.4. The van der Waals surface area contributed by atoms with Gasteiger partial charge in [-0.15, -0.1) is 0 Å². The monoisotopic (exact) mass is 862 g/mol. The van der Waals surface area contributed by atoms with Crippen molar-refractivity contribution in [3.05, 3.63) is 12.2 Å². The second-order valence-electron chi connectivity index (χ2n) is 19.6. The van der Waals surface area contributed by atoms with Crippen molar-refractivity contribution in [3.63, 3.8) is 0 Å². The summed E-state index contributed by atoms with van der Waals surface area (Å²) in [6.45, 7) is 4.30. The van der Waals surface area contributed by atoms with Crippen molar-refractivity contribution in [2.24, 2.45) is 0 Å². The largest absolute Gasteiger partial charge is 0.394 e. The molecule has 3 unspecified atom stereocenters. The third-order valence-electron chi connectivity index (χ3n) is 13.3. The van der Waals surface area contributed by atoms with Crippen molar-refractivity contribution in [2.75, 3.05) is 6.61 Å². The Hall–Kier alpha value is -0.910. The summed E-state index contributed by atoms with van der Waals surface area (Å²) in [6.07, 6.45) is 63.6. The van der Waals surface area contributed by atoms with Crippen LogP contribution in [0.2, 0.25) is 0 Å². The van der Waals surface area contributed by atoms with Crippen LogP contribution in [0.25, 0.3) is 0 Å². The van der Waals surface area contributed by atoms with Crippen LogP contribution >= 0.6 is 0 Å². The lowest BCUT2D eigenvalue weighted by molar-refractivity contribution is -0.125. The number of carbonyl (C=O) groups excluding carboxylic acids is 1. The van der Waals surface area contributed by atoms with Gasteiger partial charge in [0.2, 0.25) is 5.91 Å². The number of unbranched alkanes of at least 4 members (excludes halogenated alkanes) is 41. The summed E-state index contributed by atoms with van der Waals surface area (Å²) < 4.78 is 0. The first-order valence-corrected chi connectivity index (χ1v) is 28.0. The molecular weight excluding hydrogens is 751 g/mol. The SMILES string of the molecule is CCCCCCCCCCCCCC/C=C\CCCCCCCCCCCCCC(O)CC(=O)NC(CO)C(O)CCCCCCCCCCCCCCCCCCCCC. The van der Waals surface area contributed by atoms with Gasteiger partial charge in [0.05, 0.1) is 31.3 Å². The zero-order valence-corrected chi connectivity index (χ0v) is 41.6. The Balaban J connectivity index is 3.51. The summed E-state index contributed by atoms with van der Waals surface area (Å²) in [5, 5.41) is 33.6. The van der Waals surface area contributed by atoms with Crippen LogP contribution in [-0.4, -0.2) is 46.1 Å². The fourth-order valence-electron chi connectivity index (χ4n) is 9.05.